The molecule has 3 fully saturated rings. The Labute approximate surface area is 106 Å². The Morgan fingerprint density at radius 3 is 2.82 bits per heavy atom. The van der Waals surface area contributed by atoms with Gasteiger partial charge >= 0.3 is 0 Å². The number of hydrogen-bond donors (Lipinski definition) is 1. The number of likely N-dealkylation sites (tertiary alicyclic amines) is 1. The molecule has 2 N–H and O–H groups in total. The van der Waals surface area contributed by atoms with Crippen LogP contribution in [0, 0.1) is 17.8 Å². The third-order valence-corrected chi connectivity index (χ3v) is 5.79. The van der Waals surface area contributed by atoms with Crippen LogP contribution < -0.4 is 5.73 Å². The number of hydrogen-bond acceptors (Lipinski definition) is 2. The van der Waals surface area contributed by atoms with Crippen molar-refractivity contribution in [2.24, 2.45) is 23.5 Å². The van der Waals surface area contributed by atoms with E-state index in [0.717, 1.165) is 30.3 Å². The van der Waals surface area contributed by atoms with Crippen molar-refractivity contribution < 1.29 is 0 Å². The molecule has 2 aliphatic carbocycles. The summed E-state index contributed by atoms with van der Waals surface area (Å²) >= 11 is 0. The summed E-state index contributed by atoms with van der Waals surface area (Å²) in [6.07, 6.45) is 8.53. The fourth-order valence-electron chi connectivity index (χ4n) is 4.85. The molecule has 2 heteroatoms. The van der Waals surface area contributed by atoms with Crippen LogP contribution in [-0.4, -0.2) is 29.6 Å². The van der Waals surface area contributed by atoms with Gasteiger partial charge in [0.25, 0.3) is 0 Å². The van der Waals surface area contributed by atoms with Crippen molar-refractivity contribution in [3.05, 3.63) is 0 Å². The summed E-state index contributed by atoms with van der Waals surface area (Å²) in [6.45, 7) is 6.99. The van der Waals surface area contributed by atoms with Crippen molar-refractivity contribution in [3.63, 3.8) is 0 Å². The molecule has 0 aromatic heterocycles. The summed E-state index contributed by atoms with van der Waals surface area (Å²) < 4.78 is 0. The van der Waals surface area contributed by atoms with Gasteiger partial charge in [0.15, 0.2) is 0 Å². The molecule has 1 heterocycles. The van der Waals surface area contributed by atoms with E-state index in [1.54, 1.807) is 0 Å². The van der Waals surface area contributed by atoms with E-state index >= 15 is 0 Å². The van der Waals surface area contributed by atoms with Gasteiger partial charge in [0.05, 0.1) is 0 Å². The molecule has 0 amide bonds. The quantitative estimate of drug-likeness (QED) is 0.816. The number of nitrogens with two attached hydrogens (primary N) is 1. The molecule has 3 rings (SSSR count). The Bertz CT molecular complexity index is 289. The minimum atomic E-state index is 0.397. The minimum absolute atomic E-state index is 0.397. The molecule has 1 saturated heterocycles. The second kappa shape index (κ2) is 4.24. The lowest BCUT2D eigenvalue weighted by Gasteiger charge is -2.48. The molecule has 0 radical (unpaired) electrons. The maximum Gasteiger partial charge on any atom is 0.0365 e. The Kier molecular flexibility index (Phi) is 2.99. The molecule has 3 aliphatic rings. The normalized spacial score (nSPS) is 46.2. The summed E-state index contributed by atoms with van der Waals surface area (Å²) in [5, 5.41) is 0. The Hall–Kier alpha value is -0.0800. The van der Waals surface area contributed by atoms with Gasteiger partial charge in [-0.15, -0.1) is 0 Å². The second-order valence-corrected chi connectivity index (χ2v) is 6.95. The van der Waals surface area contributed by atoms with Gasteiger partial charge in [-0.3, -0.25) is 4.90 Å². The third-order valence-electron chi connectivity index (χ3n) is 5.79. The van der Waals surface area contributed by atoms with E-state index in [4.69, 9.17) is 5.73 Å². The average molecular weight is 236 g/mol. The summed E-state index contributed by atoms with van der Waals surface area (Å²) in [4.78, 5) is 2.85. The monoisotopic (exact) mass is 236 g/mol. The molecule has 0 aromatic carbocycles. The first-order chi connectivity index (χ1) is 8.19. The van der Waals surface area contributed by atoms with Crippen molar-refractivity contribution >= 4 is 0 Å². The summed E-state index contributed by atoms with van der Waals surface area (Å²) in [5.74, 6) is 2.77. The highest BCUT2D eigenvalue weighted by atomic mass is 15.3. The zero-order valence-electron chi connectivity index (χ0n) is 11.5. The van der Waals surface area contributed by atoms with Crippen molar-refractivity contribution in [1.29, 1.82) is 0 Å². The van der Waals surface area contributed by atoms with Crippen LogP contribution in [0.15, 0.2) is 0 Å². The summed E-state index contributed by atoms with van der Waals surface area (Å²) in [5.41, 5.74) is 6.65. The topological polar surface area (TPSA) is 29.3 Å². The lowest BCUT2D eigenvalue weighted by molar-refractivity contribution is 0.0178. The Balaban J connectivity index is 1.84. The lowest BCUT2D eigenvalue weighted by atomic mass is 9.78. The van der Waals surface area contributed by atoms with Crippen LogP contribution in [0.2, 0.25) is 0 Å². The zero-order valence-corrected chi connectivity index (χ0v) is 11.5. The highest BCUT2D eigenvalue weighted by molar-refractivity contribution is 5.12. The fourth-order valence-corrected chi connectivity index (χ4v) is 4.85. The molecular weight excluding hydrogens is 208 g/mol. The van der Waals surface area contributed by atoms with Gasteiger partial charge in [0.1, 0.15) is 0 Å². The maximum absolute atomic E-state index is 6.26. The molecule has 2 nitrogen and oxygen atoms in total. The number of rotatable bonds is 3. The Morgan fingerprint density at radius 1 is 1.29 bits per heavy atom. The van der Waals surface area contributed by atoms with Gasteiger partial charge in [-0.25, -0.2) is 0 Å². The van der Waals surface area contributed by atoms with E-state index in [9.17, 15) is 0 Å². The van der Waals surface area contributed by atoms with Crippen molar-refractivity contribution in [2.45, 2.75) is 64.0 Å². The Morgan fingerprint density at radius 2 is 2.12 bits per heavy atom. The van der Waals surface area contributed by atoms with Crippen LogP contribution in [0.5, 0.6) is 0 Å². The van der Waals surface area contributed by atoms with Crippen LogP contribution in [0.25, 0.3) is 0 Å². The molecule has 17 heavy (non-hydrogen) atoms. The molecule has 4 atom stereocenters. The maximum atomic E-state index is 6.26. The molecule has 1 aliphatic heterocycles. The zero-order chi connectivity index (χ0) is 12.0. The van der Waals surface area contributed by atoms with Crippen molar-refractivity contribution in [3.8, 4) is 0 Å². The molecule has 98 valence electrons. The lowest BCUT2D eigenvalue weighted by Crippen LogP contribution is -2.59. The first kappa shape index (κ1) is 12.0. The highest BCUT2D eigenvalue weighted by Crippen LogP contribution is 2.58. The van der Waals surface area contributed by atoms with Gasteiger partial charge in [-0.05, 0) is 50.0 Å². The van der Waals surface area contributed by atoms with E-state index in [1.807, 2.05) is 0 Å². The van der Waals surface area contributed by atoms with E-state index in [1.165, 1.54) is 45.1 Å². The molecule has 4 unspecified atom stereocenters. The van der Waals surface area contributed by atoms with Crippen LogP contribution in [0.4, 0.5) is 0 Å². The SMILES string of the molecule is CC(C)C1CCCN1C1(CN)CCCC2CC21. The minimum Gasteiger partial charge on any atom is -0.329 e. The van der Waals surface area contributed by atoms with Gasteiger partial charge in [0, 0.05) is 18.1 Å². The molecule has 0 aromatic rings. The first-order valence-electron chi connectivity index (χ1n) is 7.66. The third kappa shape index (κ3) is 1.76. The predicted molar refractivity (Wildman–Crippen MR) is 71.8 cm³/mol. The molecule has 2 saturated carbocycles. The van der Waals surface area contributed by atoms with E-state index in [2.05, 4.69) is 18.7 Å². The summed E-state index contributed by atoms with van der Waals surface area (Å²) in [6, 6.07) is 0.804. The van der Waals surface area contributed by atoms with E-state index in [0.29, 0.717) is 5.54 Å². The standard InChI is InChI=1S/C15H28N2/c1-11(2)14-6-4-8-17(14)15(10-16)7-3-5-12-9-13(12)15/h11-14H,3-10,16H2,1-2H3. The van der Waals surface area contributed by atoms with Gasteiger partial charge in [-0.1, -0.05) is 26.7 Å². The van der Waals surface area contributed by atoms with Crippen LogP contribution in [0.3, 0.4) is 0 Å². The second-order valence-electron chi connectivity index (χ2n) is 6.95. The van der Waals surface area contributed by atoms with Crippen LogP contribution in [-0.2, 0) is 0 Å². The summed E-state index contributed by atoms with van der Waals surface area (Å²) in [7, 11) is 0. The smallest absolute Gasteiger partial charge is 0.0365 e. The van der Waals surface area contributed by atoms with E-state index < -0.39 is 0 Å². The van der Waals surface area contributed by atoms with Crippen molar-refractivity contribution in [2.75, 3.05) is 13.1 Å². The van der Waals surface area contributed by atoms with Crippen LogP contribution >= 0.6 is 0 Å². The molecular formula is C15H28N2. The first-order valence-corrected chi connectivity index (χ1v) is 7.66. The number of nitrogens with zero attached hydrogens (tertiary/aromatic N) is 1. The van der Waals surface area contributed by atoms with Crippen LogP contribution in [0.1, 0.15) is 52.4 Å². The average Bonchev–Trinajstić information content (AvgIpc) is 2.95. The highest BCUT2D eigenvalue weighted by Gasteiger charge is 2.58. The largest absolute Gasteiger partial charge is 0.329 e. The van der Waals surface area contributed by atoms with Gasteiger partial charge in [-0.2, -0.15) is 0 Å². The van der Waals surface area contributed by atoms with E-state index in [-0.39, 0.29) is 0 Å². The van der Waals surface area contributed by atoms with Crippen molar-refractivity contribution in [1.82, 2.24) is 4.90 Å². The van der Waals surface area contributed by atoms with Gasteiger partial charge < -0.3 is 5.73 Å². The number of fused-ring (bicyclic) bond motifs is 1. The predicted octanol–water partition coefficient (Wildman–Crippen LogP) is 2.62. The fraction of sp³-hybridized carbons (Fsp3) is 1.00. The molecule has 0 bridgehead atoms. The van der Waals surface area contributed by atoms with Gasteiger partial charge in [0.2, 0.25) is 0 Å². The molecule has 0 spiro atoms.